The lowest BCUT2D eigenvalue weighted by atomic mass is 10.2. The molecule has 2 aromatic rings. The maximum absolute atomic E-state index is 6.01. The predicted molar refractivity (Wildman–Crippen MR) is 80.8 cm³/mol. The van der Waals surface area contributed by atoms with Crippen LogP contribution in [0.3, 0.4) is 0 Å². The number of aryl methyl sites for hydroxylation is 2. The summed E-state index contributed by atoms with van der Waals surface area (Å²) >= 11 is 0. The monoisotopic (exact) mass is 277 g/mol. The van der Waals surface area contributed by atoms with Gasteiger partial charge in [0.1, 0.15) is 0 Å². The molecule has 0 amide bonds. The summed E-state index contributed by atoms with van der Waals surface area (Å²) in [5.41, 5.74) is 9.33. The smallest absolute Gasteiger partial charge is 0.201 e. The van der Waals surface area contributed by atoms with E-state index in [1.165, 1.54) is 5.56 Å². The minimum atomic E-state index is 0.592. The number of hydrogen-bond donors (Lipinski definition) is 1. The molecule has 0 unspecified atom stereocenters. The van der Waals surface area contributed by atoms with E-state index in [1.54, 1.807) is 7.11 Å². The Labute approximate surface area is 119 Å². The Balaban J connectivity index is 1.88. The normalized spacial score (nSPS) is 11.3. The highest BCUT2D eigenvalue weighted by Gasteiger charge is 2.09. The van der Waals surface area contributed by atoms with Crippen molar-refractivity contribution in [2.45, 2.75) is 26.3 Å². The van der Waals surface area contributed by atoms with Crippen molar-refractivity contribution in [2.24, 2.45) is 0 Å². The van der Waals surface area contributed by atoms with E-state index in [2.05, 4.69) is 22.5 Å². The van der Waals surface area contributed by atoms with Gasteiger partial charge in [-0.05, 0) is 31.4 Å². The summed E-state index contributed by atoms with van der Waals surface area (Å²) in [4.78, 5) is 4.41. The summed E-state index contributed by atoms with van der Waals surface area (Å²) in [6.07, 6.45) is 2.03. The fourth-order valence-electron chi connectivity index (χ4n) is 2.33. The summed E-state index contributed by atoms with van der Waals surface area (Å²) in [6.45, 7) is 5.04. The first kappa shape index (κ1) is 14.8. The van der Waals surface area contributed by atoms with Crippen LogP contribution >= 0.6 is 0 Å². The van der Waals surface area contributed by atoms with Crippen molar-refractivity contribution in [2.75, 3.05) is 32.7 Å². The molecule has 0 saturated carbocycles. The highest BCUT2D eigenvalue weighted by molar-refractivity contribution is 5.81. The van der Waals surface area contributed by atoms with Crippen molar-refractivity contribution in [1.82, 2.24) is 9.55 Å². The Morgan fingerprint density at radius 3 is 2.85 bits per heavy atom. The van der Waals surface area contributed by atoms with Gasteiger partial charge in [-0.3, -0.25) is 0 Å². The second-order valence-corrected chi connectivity index (χ2v) is 4.88. The lowest BCUT2D eigenvalue weighted by Gasteiger charge is -2.08. The summed E-state index contributed by atoms with van der Waals surface area (Å²) in [7, 11) is 1.68. The average molecular weight is 277 g/mol. The molecule has 0 aliphatic heterocycles. The molecular formula is C15H23N3O2. The number of fused-ring (bicyclic) bond motifs is 1. The second-order valence-electron chi connectivity index (χ2n) is 4.88. The molecule has 0 aliphatic carbocycles. The second kappa shape index (κ2) is 7.26. The fraction of sp³-hybridized carbons (Fsp3) is 0.533. The van der Waals surface area contributed by atoms with E-state index in [0.717, 1.165) is 37.0 Å². The van der Waals surface area contributed by atoms with Crippen LogP contribution in [0, 0.1) is 6.92 Å². The van der Waals surface area contributed by atoms with E-state index >= 15 is 0 Å². The number of nitrogen functional groups attached to an aromatic ring is 1. The molecule has 1 aromatic heterocycles. The number of unbranched alkanes of at least 4 members (excludes halogenated alkanes) is 1. The van der Waals surface area contributed by atoms with Gasteiger partial charge in [0, 0.05) is 20.3 Å². The topological polar surface area (TPSA) is 62.3 Å². The van der Waals surface area contributed by atoms with Gasteiger partial charge in [-0.15, -0.1) is 0 Å². The molecule has 0 radical (unpaired) electrons. The first-order valence-corrected chi connectivity index (χ1v) is 7.02. The quantitative estimate of drug-likeness (QED) is 0.752. The van der Waals surface area contributed by atoms with Crippen LogP contribution in [0.4, 0.5) is 5.95 Å². The Kier molecular flexibility index (Phi) is 5.38. The molecule has 0 aliphatic rings. The van der Waals surface area contributed by atoms with E-state index < -0.39 is 0 Å². The number of imidazole rings is 1. The van der Waals surface area contributed by atoms with Gasteiger partial charge in [0.25, 0.3) is 0 Å². The number of nitrogens with zero attached hydrogens (tertiary/aromatic N) is 2. The van der Waals surface area contributed by atoms with Crippen LogP contribution in [-0.4, -0.2) is 36.5 Å². The average Bonchev–Trinajstić information content (AvgIpc) is 2.75. The largest absolute Gasteiger partial charge is 0.382 e. The highest BCUT2D eigenvalue weighted by Crippen LogP contribution is 2.21. The summed E-state index contributed by atoms with van der Waals surface area (Å²) in [6, 6.07) is 6.11. The van der Waals surface area contributed by atoms with Gasteiger partial charge in [0.05, 0.1) is 24.2 Å². The molecule has 0 bridgehead atoms. The van der Waals surface area contributed by atoms with Crippen LogP contribution < -0.4 is 5.73 Å². The number of methoxy groups -OCH3 is 1. The number of ether oxygens (including phenoxy) is 2. The summed E-state index contributed by atoms with van der Waals surface area (Å²) in [5.74, 6) is 0.592. The zero-order valence-electron chi connectivity index (χ0n) is 12.3. The standard InChI is InChI=1S/C15H23N3O2/c1-12-6-5-7-13-14(12)18(15(16)17-13)8-3-4-9-20-11-10-19-2/h5-7H,3-4,8-11H2,1-2H3,(H2,16,17). The fourth-order valence-corrected chi connectivity index (χ4v) is 2.33. The number of rotatable bonds is 8. The van der Waals surface area contributed by atoms with E-state index in [1.807, 2.05) is 12.1 Å². The molecule has 5 heteroatoms. The first-order chi connectivity index (χ1) is 9.74. The number of anilines is 1. The van der Waals surface area contributed by atoms with E-state index in [0.29, 0.717) is 19.2 Å². The highest BCUT2D eigenvalue weighted by atomic mass is 16.5. The molecule has 2 N–H and O–H groups in total. The van der Waals surface area contributed by atoms with Gasteiger partial charge in [0.2, 0.25) is 5.95 Å². The molecule has 1 aromatic carbocycles. The molecular weight excluding hydrogens is 254 g/mol. The third-order valence-corrected chi connectivity index (χ3v) is 3.35. The van der Waals surface area contributed by atoms with Gasteiger partial charge in [0.15, 0.2) is 0 Å². The third-order valence-electron chi connectivity index (χ3n) is 3.35. The minimum absolute atomic E-state index is 0.592. The van der Waals surface area contributed by atoms with Crippen molar-refractivity contribution >= 4 is 17.0 Å². The maximum Gasteiger partial charge on any atom is 0.201 e. The van der Waals surface area contributed by atoms with E-state index in [9.17, 15) is 0 Å². The van der Waals surface area contributed by atoms with E-state index in [4.69, 9.17) is 15.2 Å². The Morgan fingerprint density at radius 2 is 2.05 bits per heavy atom. The number of nitrogens with two attached hydrogens (primary N) is 1. The van der Waals surface area contributed by atoms with Crippen LogP contribution in [0.5, 0.6) is 0 Å². The Hall–Kier alpha value is -1.59. The van der Waals surface area contributed by atoms with Crippen LogP contribution in [-0.2, 0) is 16.0 Å². The van der Waals surface area contributed by atoms with Crippen LogP contribution in [0.1, 0.15) is 18.4 Å². The first-order valence-electron chi connectivity index (χ1n) is 7.02. The summed E-state index contributed by atoms with van der Waals surface area (Å²) < 4.78 is 12.5. The molecule has 0 saturated heterocycles. The van der Waals surface area contributed by atoms with Gasteiger partial charge in [-0.25, -0.2) is 4.98 Å². The zero-order valence-corrected chi connectivity index (χ0v) is 12.3. The molecule has 0 spiro atoms. The van der Waals surface area contributed by atoms with Crippen molar-refractivity contribution in [1.29, 1.82) is 0 Å². The minimum Gasteiger partial charge on any atom is -0.382 e. The lowest BCUT2D eigenvalue weighted by molar-refractivity contribution is 0.0684. The van der Waals surface area contributed by atoms with E-state index in [-0.39, 0.29) is 0 Å². The van der Waals surface area contributed by atoms with Crippen molar-refractivity contribution in [3.63, 3.8) is 0 Å². The molecule has 5 nitrogen and oxygen atoms in total. The SMILES string of the molecule is COCCOCCCCn1c(N)nc2cccc(C)c21. The van der Waals surface area contributed by atoms with Crippen LogP contribution in [0.25, 0.3) is 11.0 Å². The number of aromatic nitrogens is 2. The molecule has 20 heavy (non-hydrogen) atoms. The molecule has 1 heterocycles. The van der Waals surface area contributed by atoms with Crippen molar-refractivity contribution < 1.29 is 9.47 Å². The van der Waals surface area contributed by atoms with Gasteiger partial charge in [-0.2, -0.15) is 0 Å². The van der Waals surface area contributed by atoms with Gasteiger partial charge >= 0.3 is 0 Å². The van der Waals surface area contributed by atoms with Crippen molar-refractivity contribution in [3.05, 3.63) is 23.8 Å². The number of benzene rings is 1. The third kappa shape index (κ3) is 3.49. The number of hydrogen-bond acceptors (Lipinski definition) is 4. The van der Waals surface area contributed by atoms with Gasteiger partial charge < -0.3 is 19.8 Å². The maximum atomic E-state index is 6.01. The zero-order chi connectivity index (χ0) is 14.4. The van der Waals surface area contributed by atoms with Crippen molar-refractivity contribution in [3.8, 4) is 0 Å². The molecule has 0 fully saturated rings. The van der Waals surface area contributed by atoms with Crippen LogP contribution in [0.2, 0.25) is 0 Å². The van der Waals surface area contributed by atoms with Gasteiger partial charge in [-0.1, -0.05) is 12.1 Å². The molecule has 110 valence electrons. The molecule has 2 rings (SSSR count). The van der Waals surface area contributed by atoms with Crippen LogP contribution in [0.15, 0.2) is 18.2 Å². The Morgan fingerprint density at radius 1 is 1.20 bits per heavy atom. The number of para-hydroxylation sites is 1. The lowest BCUT2D eigenvalue weighted by Crippen LogP contribution is -2.07. The Bertz CT molecular complexity index is 551. The molecule has 0 atom stereocenters. The summed E-state index contributed by atoms with van der Waals surface area (Å²) in [5, 5.41) is 0. The predicted octanol–water partition coefficient (Wildman–Crippen LogP) is 2.37.